The van der Waals surface area contributed by atoms with Crippen molar-refractivity contribution in [2.45, 2.75) is 46.3 Å². The molecule has 0 bridgehead atoms. The third kappa shape index (κ3) is 3.94. The van der Waals surface area contributed by atoms with Crippen molar-refractivity contribution in [1.82, 2.24) is 10.6 Å². The first-order chi connectivity index (χ1) is 7.50. The van der Waals surface area contributed by atoms with Crippen LogP contribution in [0.2, 0.25) is 0 Å². The Labute approximate surface area is 101 Å². The fraction of sp³-hybridized carbons (Fsp3) is 0.583. The molecule has 0 saturated carbocycles. The molecule has 0 spiro atoms. The zero-order valence-corrected chi connectivity index (χ0v) is 11.1. The highest BCUT2D eigenvalue weighted by molar-refractivity contribution is 7.08. The summed E-state index contributed by atoms with van der Waals surface area (Å²) in [5.74, 6) is 0.0582. The van der Waals surface area contributed by atoms with Gasteiger partial charge in [0.1, 0.15) is 0 Å². The van der Waals surface area contributed by atoms with Crippen LogP contribution in [0.15, 0.2) is 10.8 Å². The second-order valence-electron chi connectivity index (χ2n) is 4.35. The molecule has 1 aromatic rings. The van der Waals surface area contributed by atoms with Gasteiger partial charge in [-0.05, 0) is 49.6 Å². The van der Waals surface area contributed by atoms with Crippen LogP contribution in [0.25, 0.3) is 0 Å². The Morgan fingerprint density at radius 3 is 2.56 bits per heavy atom. The number of rotatable bonds is 5. The van der Waals surface area contributed by atoms with Gasteiger partial charge >= 0.3 is 0 Å². The highest BCUT2D eigenvalue weighted by Crippen LogP contribution is 2.13. The van der Waals surface area contributed by atoms with E-state index in [-0.39, 0.29) is 18.0 Å². The van der Waals surface area contributed by atoms with Gasteiger partial charge in [0, 0.05) is 12.6 Å². The van der Waals surface area contributed by atoms with E-state index < -0.39 is 0 Å². The molecule has 1 rings (SSSR count). The Morgan fingerprint density at radius 1 is 1.38 bits per heavy atom. The van der Waals surface area contributed by atoms with Crippen molar-refractivity contribution in [1.29, 1.82) is 0 Å². The number of nitrogens with one attached hydrogen (secondary N) is 2. The molecule has 3 nitrogen and oxygen atoms in total. The molecule has 0 aliphatic carbocycles. The van der Waals surface area contributed by atoms with Crippen molar-refractivity contribution in [2.75, 3.05) is 0 Å². The lowest BCUT2D eigenvalue weighted by molar-refractivity contribution is -0.123. The van der Waals surface area contributed by atoms with Crippen LogP contribution in [0.3, 0.4) is 0 Å². The van der Waals surface area contributed by atoms with Gasteiger partial charge < -0.3 is 10.6 Å². The predicted molar refractivity (Wildman–Crippen MR) is 68.6 cm³/mol. The van der Waals surface area contributed by atoms with E-state index in [9.17, 15) is 4.79 Å². The van der Waals surface area contributed by atoms with E-state index in [1.807, 2.05) is 20.8 Å². The molecule has 1 atom stereocenters. The highest BCUT2D eigenvalue weighted by atomic mass is 32.1. The fourth-order valence-corrected chi connectivity index (χ4v) is 2.19. The standard InChI is InChI=1S/C12H20N2OS/c1-8(2)14-12(15)10(4)13-5-11-7-16-6-9(11)3/h6-8,10,13H,5H2,1-4H3,(H,14,15). The van der Waals surface area contributed by atoms with Gasteiger partial charge in [-0.15, -0.1) is 0 Å². The lowest BCUT2D eigenvalue weighted by Gasteiger charge is -2.15. The van der Waals surface area contributed by atoms with Crippen LogP contribution in [0.1, 0.15) is 31.9 Å². The summed E-state index contributed by atoms with van der Waals surface area (Å²) in [6.07, 6.45) is 0. The lowest BCUT2D eigenvalue weighted by Crippen LogP contribution is -2.44. The Morgan fingerprint density at radius 2 is 2.06 bits per heavy atom. The van der Waals surface area contributed by atoms with E-state index in [2.05, 4.69) is 28.3 Å². The molecule has 4 heteroatoms. The van der Waals surface area contributed by atoms with E-state index in [0.29, 0.717) is 0 Å². The second-order valence-corrected chi connectivity index (χ2v) is 5.09. The SMILES string of the molecule is Cc1cscc1CNC(C)C(=O)NC(C)C. The molecule has 2 N–H and O–H groups in total. The van der Waals surface area contributed by atoms with Gasteiger partial charge in [-0.1, -0.05) is 0 Å². The maximum Gasteiger partial charge on any atom is 0.237 e. The molecule has 0 aliphatic heterocycles. The number of carbonyl (C=O) groups excluding carboxylic acids is 1. The molecule has 16 heavy (non-hydrogen) atoms. The van der Waals surface area contributed by atoms with E-state index in [1.165, 1.54) is 11.1 Å². The molecule has 90 valence electrons. The Balaban J connectivity index is 2.38. The highest BCUT2D eigenvalue weighted by Gasteiger charge is 2.13. The molecule has 1 unspecified atom stereocenters. The molecule has 1 amide bonds. The van der Waals surface area contributed by atoms with E-state index >= 15 is 0 Å². The molecule has 0 saturated heterocycles. The minimum Gasteiger partial charge on any atom is -0.353 e. The zero-order chi connectivity index (χ0) is 12.1. The van der Waals surface area contributed by atoms with Gasteiger partial charge in [-0.3, -0.25) is 4.79 Å². The summed E-state index contributed by atoms with van der Waals surface area (Å²) < 4.78 is 0. The number of carbonyl (C=O) groups is 1. The first-order valence-corrected chi connectivity index (χ1v) is 6.50. The summed E-state index contributed by atoms with van der Waals surface area (Å²) in [5, 5.41) is 10.4. The smallest absolute Gasteiger partial charge is 0.237 e. The first-order valence-electron chi connectivity index (χ1n) is 5.56. The summed E-state index contributed by atoms with van der Waals surface area (Å²) in [7, 11) is 0. The number of hydrogen-bond donors (Lipinski definition) is 2. The Bertz CT molecular complexity index is 347. The van der Waals surface area contributed by atoms with Crippen LogP contribution in [0.5, 0.6) is 0 Å². The summed E-state index contributed by atoms with van der Waals surface area (Å²) in [4.78, 5) is 11.6. The fourth-order valence-electron chi connectivity index (χ4n) is 1.33. The van der Waals surface area contributed by atoms with Crippen molar-refractivity contribution < 1.29 is 4.79 Å². The summed E-state index contributed by atoms with van der Waals surface area (Å²) in [6.45, 7) is 8.66. The van der Waals surface area contributed by atoms with Gasteiger partial charge in [-0.25, -0.2) is 0 Å². The van der Waals surface area contributed by atoms with Crippen molar-refractivity contribution in [3.8, 4) is 0 Å². The maximum absolute atomic E-state index is 11.6. The van der Waals surface area contributed by atoms with Crippen LogP contribution in [0, 0.1) is 6.92 Å². The second kappa shape index (κ2) is 6.01. The van der Waals surface area contributed by atoms with Crippen LogP contribution >= 0.6 is 11.3 Å². The third-order valence-corrected chi connectivity index (χ3v) is 3.29. The summed E-state index contributed by atoms with van der Waals surface area (Å²) in [5.41, 5.74) is 2.56. The number of aryl methyl sites for hydroxylation is 1. The number of thiophene rings is 1. The molecule has 0 radical (unpaired) electrons. The average molecular weight is 240 g/mol. The monoisotopic (exact) mass is 240 g/mol. The topological polar surface area (TPSA) is 41.1 Å². The van der Waals surface area contributed by atoms with Gasteiger partial charge in [0.2, 0.25) is 5.91 Å². The Kier molecular flexibility index (Phi) is 4.96. The number of amides is 1. The lowest BCUT2D eigenvalue weighted by atomic mass is 10.2. The van der Waals surface area contributed by atoms with Crippen molar-refractivity contribution >= 4 is 17.2 Å². The Hall–Kier alpha value is -0.870. The van der Waals surface area contributed by atoms with Gasteiger partial charge in [-0.2, -0.15) is 11.3 Å². The minimum atomic E-state index is -0.151. The van der Waals surface area contributed by atoms with Gasteiger partial charge in [0.05, 0.1) is 6.04 Å². The van der Waals surface area contributed by atoms with Crippen molar-refractivity contribution in [2.24, 2.45) is 0 Å². The average Bonchev–Trinajstić information content (AvgIpc) is 2.59. The molecule has 0 aromatic carbocycles. The van der Waals surface area contributed by atoms with Crippen LogP contribution in [-0.4, -0.2) is 18.0 Å². The van der Waals surface area contributed by atoms with Crippen LogP contribution in [-0.2, 0) is 11.3 Å². The zero-order valence-electron chi connectivity index (χ0n) is 10.3. The normalized spacial score (nSPS) is 12.8. The maximum atomic E-state index is 11.6. The van der Waals surface area contributed by atoms with Crippen LogP contribution < -0.4 is 10.6 Å². The largest absolute Gasteiger partial charge is 0.353 e. The van der Waals surface area contributed by atoms with Crippen LogP contribution in [0.4, 0.5) is 0 Å². The van der Waals surface area contributed by atoms with E-state index in [4.69, 9.17) is 0 Å². The minimum absolute atomic E-state index is 0.0582. The molecule has 0 aliphatic rings. The summed E-state index contributed by atoms with van der Waals surface area (Å²) >= 11 is 1.70. The molecule has 1 heterocycles. The summed E-state index contributed by atoms with van der Waals surface area (Å²) in [6, 6.07) is 0.0429. The van der Waals surface area contributed by atoms with Crippen molar-refractivity contribution in [3.63, 3.8) is 0 Å². The van der Waals surface area contributed by atoms with Crippen molar-refractivity contribution in [3.05, 3.63) is 21.9 Å². The first kappa shape index (κ1) is 13.2. The molecule has 0 fully saturated rings. The van der Waals surface area contributed by atoms with Gasteiger partial charge in [0.15, 0.2) is 0 Å². The molecular formula is C12H20N2OS. The van der Waals surface area contributed by atoms with E-state index in [1.54, 1.807) is 11.3 Å². The van der Waals surface area contributed by atoms with Gasteiger partial charge in [0.25, 0.3) is 0 Å². The predicted octanol–water partition coefficient (Wildman–Crippen LogP) is 2.06. The molecular weight excluding hydrogens is 220 g/mol. The number of hydrogen-bond acceptors (Lipinski definition) is 3. The quantitative estimate of drug-likeness (QED) is 0.827. The third-order valence-electron chi connectivity index (χ3n) is 2.38. The molecule has 1 aromatic heterocycles. The van der Waals surface area contributed by atoms with E-state index in [0.717, 1.165) is 6.54 Å².